The van der Waals surface area contributed by atoms with Gasteiger partial charge in [-0.05, 0) is 61.3 Å². The molecule has 2 aliphatic carbocycles. The molecular formula is C25H35NO4. The number of fused-ring (bicyclic) bond motifs is 2. The molecule has 1 aliphatic heterocycles. The third-order valence-corrected chi connectivity index (χ3v) is 7.48. The van der Waals surface area contributed by atoms with Crippen LogP contribution in [0.1, 0.15) is 45.1 Å². The van der Waals surface area contributed by atoms with Crippen molar-refractivity contribution < 1.29 is 19.0 Å². The molecule has 5 heteroatoms. The van der Waals surface area contributed by atoms with E-state index in [1.54, 1.807) is 19.8 Å². The summed E-state index contributed by atoms with van der Waals surface area (Å²) in [6, 6.07) is 6.00. The molecule has 30 heavy (non-hydrogen) atoms. The fourth-order valence-corrected chi connectivity index (χ4v) is 5.81. The van der Waals surface area contributed by atoms with E-state index in [1.165, 1.54) is 24.8 Å². The van der Waals surface area contributed by atoms with E-state index in [0.717, 1.165) is 30.9 Å². The predicted molar refractivity (Wildman–Crippen MR) is 117 cm³/mol. The molecule has 1 heterocycles. The Morgan fingerprint density at radius 1 is 1.23 bits per heavy atom. The highest BCUT2D eigenvalue weighted by molar-refractivity contribution is 5.76. The number of hydrogen-bond acceptors (Lipinski definition) is 5. The molecule has 0 radical (unpaired) electrons. The van der Waals surface area contributed by atoms with Crippen molar-refractivity contribution in [1.29, 1.82) is 0 Å². The molecule has 1 saturated heterocycles. The van der Waals surface area contributed by atoms with Crippen LogP contribution in [0.25, 0.3) is 0 Å². The number of benzene rings is 1. The van der Waals surface area contributed by atoms with Gasteiger partial charge in [0.2, 0.25) is 0 Å². The molecule has 5 nitrogen and oxygen atoms in total. The second-order valence-electron chi connectivity index (χ2n) is 9.48. The van der Waals surface area contributed by atoms with Crippen molar-refractivity contribution in [2.24, 2.45) is 23.2 Å². The van der Waals surface area contributed by atoms with E-state index in [2.05, 4.69) is 31.3 Å². The van der Waals surface area contributed by atoms with E-state index in [-0.39, 0.29) is 29.3 Å². The lowest BCUT2D eigenvalue weighted by Gasteiger charge is -2.46. The van der Waals surface area contributed by atoms with Crippen molar-refractivity contribution >= 4 is 5.97 Å². The van der Waals surface area contributed by atoms with Gasteiger partial charge in [0.15, 0.2) is 11.5 Å². The third kappa shape index (κ3) is 3.96. The van der Waals surface area contributed by atoms with Crippen LogP contribution in [0.2, 0.25) is 0 Å². The maximum atomic E-state index is 12.6. The van der Waals surface area contributed by atoms with Gasteiger partial charge in [-0.15, -0.1) is 0 Å². The smallest absolute Gasteiger partial charge is 0.311 e. The zero-order valence-electron chi connectivity index (χ0n) is 18.7. The fraction of sp³-hybridized carbons (Fsp3) is 0.640. The zero-order valence-corrected chi connectivity index (χ0v) is 18.7. The molecule has 3 aliphatic rings. The van der Waals surface area contributed by atoms with Crippen molar-refractivity contribution in [3.05, 3.63) is 35.4 Å². The number of rotatable bonds is 7. The van der Waals surface area contributed by atoms with E-state index in [1.807, 2.05) is 12.1 Å². The van der Waals surface area contributed by atoms with Gasteiger partial charge >= 0.3 is 5.97 Å². The Hall–Kier alpha value is -2.01. The second kappa shape index (κ2) is 8.62. The van der Waals surface area contributed by atoms with E-state index in [9.17, 15) is 4.79 Å². The third-order valence-electron chi connectivity index (χ3n) is 7.48. The number of carbonyl (C=O) groups is 1. The van der Waals surface area contributed by atoms with Crippen molar-refractivity contribution in [3.63, 3.8) is 0 Å². The Morgan fingerprint density at radius 3 is 2.80 bits per heavy atom. The summed E-state index contributed by atoms with van der Waals surface area (Å²) in [6.07, 6.45) is 8.09. The standard InChI is InChI=1S/C25H35NO4/c1-16-6-5-10-25(2)14-23-18(13-20(16)25)19(24(27)30-23)15-26-11-9-17-7-8-21(28-3)22(12-17)29-4/h7-8,12-13,16,18-19,23,26H,5-6,9-11,14-15H2,1-4H3/t16-,18-,19+,23-,25-/m1/s1. The Balaban J connectivity index is 1.36. The molecule has 5 atom stereocenters. The number of nitrogens with one attached hydrogen (secondary N) is 1. The summed E-state index contributed by atoms with van der Waals surface area (Å²) in [6.45, 7) is 6.19. The maximum Gasteiger partial charge on any atom is 0.311 e. The quantitative estimate of drug-likeness (QED) is 0.413. The normalized spacial score (nSPS) is 32.7. The largest absolute Gasteiger partial charge is 0.493 e. The van der Waals surface area contributed by atoms with E-state index < -0.39 is 0 Å². The van der Waals surface area contributed by atoms with Crippen LogP contribution in [0.5, 0.6) is 11.5 Å². The van der Waals surface area contributed by atoms with Gasteiger partial charge in [0.25, 0.3) is 0 Å². The summed E-state index contributed by atoms with van der Waals surface area (Å²) < 4.78 is 16.5. The molecule has 1 N–H and O–H groups in total. The Morgan fingerprint density at radius 2 is 2.03 bits per heavy atom. The fourth-order valence-electron chi connectivity index (χ4n) is 5.81. The molecule has 4 rings (SSSR count). The molecule has 1 aromatic rings. The number of carbonyl (C=O) groups excluding carboxylic acids is 1. The SMILES string of the molecule is COc1ccc(CCNC[C@@H]2C(=O)O[C@@H]3C[C@@]4(C)CCC[C@@H](C)C4=C[C@H]23)cc1OC. The van der Waals surface area contributed by atoms with Crippen molar-refractivity contribution in [2.75, 3.05) is 27.3 Å². The van der Waals surface area contributed by atoms with Crippen LogP contribution in [-0.2, 0) is 16.0 Å². The van der Waals surface area contributed by atoms with Gasteiger partial charge in [0, 0.05) is 12.5 Å². The molecule has 0 unspecified atom stereocenters. The first-order chi connectivity index (χ1) is 14.4. The first-order valence-corrected chi connectivity index (χ1v) is 11.3. The van der Waals surface area contributed by atoms with Crippen LogP contribution in [0.4, 0.5) is 0 Å². The molecular weight excluding hydrogens is 378 g/mol. The highest BCUT2D eigenvalue weighted by Gasteiger charge is 2.51. The van der Waals surface area contributed by atoms with Gasteiger partial charge in [0.1, 0.15) is 6.10 Å². The Bertz CT molecular complexity index is 819. The van der Waals surface area contributed by atoms with Crippen LogP contribution in [0, 0.1) is 23.2 Å². The average molecular weight is 414 g/mol. The van der Waals surface area contributed by atoms with Crippen molar-refractivity contribution in [1.82, 2.24) is 5.32 Å². The summed E-state index contributed by atoms with van der Waals surface area (Å²) in [5, 5.41) is 3.50. The number of ether oxygens (including phenoxy) is 3. The lowest BCUT2D eigenvalue weighted by atomic mass is 9.59. The zero-order chi connectivity index (χ0) is 21.3. The summed E-state index contributed by atoms with van der Waals surface area (Å²) in [4.78, 5) is 12.6. The highest BCUT2D eigenvalue weighted by Crippen LogP contribution is 2.53. The average Bonchev–Trinajstić information content (AvgIpc) is 3.03. The van der Waals surface area contributed by atoms with Gasteiger partial charge in [-0.2, -0.15) is 0 Å². The maximum absolute atomic E-state index is 12.6. The Kier molecular flexibility index (Phi) is 6.10. The Labute approximate surface area is 180 Å². The summed E-state index contributed by atoms with van der Waals surface area (Å²) >= 11 is 0. The summed E-state index contributed by atoms with van der Waals surface area (Å²) in [5.74, 6) is 2.22. The molecule has 1 saturated carbocycles. The van der Waals surface area contributed by atoms with Gasteiger partial charge in [-0.25, -0.2) is 0 Å². The molecule has 1 aromatic carbocycles. The number of hydrogen-bond donors (Lipinski definition) is 1. The summed E-state index contributed by atoms with van der Waals surface area (Å²) in [5.41, 5.74) is 2.97. The monoisotopic (exact) mass is 413 g/mol. The topological polar surface area (TPSA) is 56.8 Å². The minimum absolute atomic E-state index is 0.0321. The van der Waals surface area contributed by atoms with Crippen LogP contribution >= 0.6 is 0 Å². The lowest BCUT2D eigenvalue weighted by molar-refractivity contribution is -0.145. The number of allylic oxidation sites excluding steroid dienone is 1. The second-order valence-corrected chi connectivity index (χ2v) is 9.48. The number of esters is 1. The number of methoxy groups -OCH3 is 2. The lowest BCUT2D eigenvalue weighted by Crippen LogP contribution is -2.40. The molecule has 0 bridgehead atoms. The van der Waals surface area contributed by atoms with E-state index >= 15 is 0 Å². The molecule has 164 valence electrons. The van der Waals surface area contributed by atoms with Gasteiger partial charge in [0.05, 0.1) is 20.1 Å². The van der Waals surface area contributed by atoms with Crippen molar-refractivity contribution in [2.45, 2.75) is 52.1 Å². The van der Waals surface area contributed by atoms with Crippen LogP contribution in [0.3, 0.4) is 0 Å². The first-order valence-electron chi connectivity index (χ1n) is 11.3. The van der Waals surface area contributed by atoms with Crippen molar-refractivity contribution in [3.8, 4) is 11.5 Å². The minimum Gasteiger partial charge on any atom is -0.493 e. The first kappa shape index (κ1) is 21.2. The minimum atomic E-state index is -0.0772. The summed E-state index contributed by atoms with van der Waals surface area (Å²) in [7, 11) is 3.29. The predicted octanol–water partition coefficient (Wildman–Crippen LogP) is 4.15. The van der Waals surface area contributed by atoms with Gasteiger partial charge in [-0.1, -0.05) is 38.0 Å². The van der Waals surface area contributed by atoms with Crippen LogP contribution in [0.15, 0.2) is 29.8 Å². The van der Waals surface area contributed by atoms with E-state index in [4.69, 9.17) is 14.2 Å². The highest BCUT2D eigenvalue weighted by atomic mass is 16.6. The van der Waals surface area contributed by atoms with Gasteiger partial charge < -0.3 is 19.5 Å². The molecule has 0 aromatic heterocycles. The van der Waals surface area contributed by atoms with Crippen LogP contribution < -0.4 is 14.8 Å². The molecule has 0 amide bonds. The van der Waals surface area contributed by atoms with E-state index in [0.29, 0.717) is 12.5 Å². The molecule has 2 fully saturated rings. The molecule has 0 spiro atoms. The van der Waals surface area contributed by atoms with Gasteiger partial charge in [-0.3, -0.25) is 4.79 Å². The van der Waals surface area contributed by atoms with Crippen LogP contribution in [-0.4, -0.2) is 39.4 Å².